The second-order valence-corrected chi connectivity index (χ2v) is 4.43. The van der Waals surface area contributed by atoms with Gasteiger partial charge >= 0.3 is 0 Å². The lowest BCUT2D eigenvalue weighted by Crippen LogP contribution is -1.87. The summed E-state index contributed by atoms with van der Waals surface area (Å²) in [5, 5.41) is 0. The fraction of sp³-hybridized carbons (Fsp3) is 0.294. The van der Waals surface area contributed by atoms with Gasteiger partial charge in [-0.3, -0.25) is 0 Å². The molecular weight excluding hydrogens is 204 g/mol. The number of hydrogen-bond donors (Lipinski definition) is 0. The van der Waals surface area contributed by atoms with E-state index in [-0.39, 0.29) is 0 Å². The van der Waals surface area contributed by atoms with Gasteiger partial charge in [-0.05, 0) is 24.8 Å². The zero-order valence-electron chi connectivity index (χ0n) is 11.3. The lowest BCUT2D eigenvalue weighted by molar-refractivity contribution is 0.650. The Morgan fingerprint density at radius 1 is 1.18 bits per heavy atom. The number of hydrogen-bond acceptors (Lipinski definition) is 0. The smallest absolute Gasteiger partial charge is 0.0256 e. The van der Waals surface area contributed by atoms with Gasteiger partial charge in [0, 0.05) is 0 Å². The van der Waals surface area contributed by atoms with Crippen LogP contribution in [0.4, 0.5) is 0 Å². The maximum Gasteiger partial charge on any atom is -0.0256 e. The van der Waals surface area contributed by atoms with Gasteiger partial charge in [0.05, 0.1) is 0 Å². The van der Waals surface area contributed by atoms with Crippen LogP contribution in [0.25, 0.3) is 0 Å². The molecule has 0 spiro atoms. The summed E-state index contributed by atoms with van der Waals surface area (Å²) in [4.78, 5) is 0. The first-order valence-corrected chi connectivity index (χ1v) is 6.05. The lowest BCUT2D eigenvalue weighted by Gasteiger charge is -2.03. The number of aryl methyl sites for hydroxylation is 1. The Kier molecular flexibility index (Phi) is 8.77. The molecule has 0 heteroatoms. The minimum atomic E-state index is 0.698. The van der Waals surface area contributed by atoms with Crippen LogP contribution >= 0.6 is 0 Å². The fourth-order valence-electron chi connectivity index (χ4n) is 1.38. The summed E-state index contributed by atoms with van der Waals surface area (Å²) in [5.74, 6) is 0.698. The van der Waals surface area contributed by atoms with Gasteiger partial charge in [-0.15, -0.1) is 0 Å². The molecule has 0 bridgehead atoms. The number of allylic oxidation sites excluding steroid dienone is 4. The molecule has 0 saturated heterocycles. The summed E-state index contributed by atoms with van der Waals surface area (Å²) in [6.07, 6.45) is 6.80. The lowest BCUT2D eigenvalue weighted by atomic mass is 10.0. The van der Waals surface area contributed by atoms with E-state index in [1.54, 1.807) is 6.08 Å². The minimum absolute atomic E-state index is 0.698. The van der Waals surface area contributed by atoms with Crippen molar-refractivity contribution < 1.29 is 0 Å². The van der Waals surface area contributed by atoms with E-state index < -0.39 is 0 Å². The highest BCUT2D eigenvalue weighted by atomic mass is 14.0. The van der Waals surface area contributed by atoms with E-state index in [4.69, 9.17) is 0 Å². The zero-order valence-corrected chi connectivity index (χ0v) is 11.3. The predicted molar refractivity (Wildman–Crippen MR) is 79.1 cm³/mol. The Morgan fingerprint density at radius 2 is 1.76 bits per heavy atom. The Hall–Kier alpha value is -1.56. The summed E-state index contributed by atoms with van der Waals surface area (Å²) in [6, 6.07) is 10.3. The third-order valence-electron chi connectivity index (χ3n) is 2.18. The van der Waals surface area contributed by atoms with Gasteiger partial charge < -0.3 is 0 Å². The highest BCUT2D eigenvalue weighted by molar-refractivity contribution is 5.21. The molecule has 1 rings (SSSR count). The first kappa shape index (κ1) is 15.4. The van der Waals surface area contributed by atoms with Gasteiger partial charge in [0.2, 0.25) is 0 Å². The third kappa shape index (κ3) is 9.37. The summed E-state index contributed by atoms with van der Waals surface area (Å²) in [5.41, 5.74) is 2.59. The van der Waals surface area contributed by atoms with E-state index in [0.29, 0.717) is 5.92 Å². The van der Waals surface area contributed by atoms with Gasteiger partial charge in [0.1, 0.15) is 0 Å². The van der Waals surface area contributed by atoms with Crippen LogP contribution in [0.2, 0.25) is 0 Å². The summed E-state index contributed by atoms with van der Waals surface area (Å²) < 4.78 is 0. The van der Waals surface area contributed by atoms with Gasteiger partial charge in [-0.25, -0.2) is 0 Å². The number of benzene rings is 1. The largest absolute Gasteiger partial charge is 0.0991 e. The highest BCUT2D eigenvalue weighted by Crippen LogP contribution is 2.10. The first-order valence-electron chi connectivity index (χ1n) is 6.05. The van der Waals surface area contributed by atoms with Crippen molar-refractivity contribution >= 4 is 0 Å². The van der Waals surface area contributed by atoms with E-state index in [1.165, 1.54) is 11.1 Å². The van der Waals surface area contributed by atoms with Crippen LogP contribution in [0, 0.1) is 12.8 Å². The molecule has 1 aromatic rings. The first-order chi connectivity index (χ1) is 8.10. The summed E-state index contributed by atoms with van der Waals surface area (Å²) >= 11 is 0. The van der Waals surface area contributed by atoms with Crippen molar-refractivity contribution in [2.45, 2.75) is 27.2 Å². The molecule has 0 unspecified atom stereocenters. The third-order valence-corrected chi connectivity index (χ3v) is 2.18. The Bertz CT molecular complexity index is 342. The molecule has 1 aromatic carbocycles. The molecular formula is C17H24. The van der Waals surface area contributed by atoms with Crippen LogP contribution in [0.5, 0.6) is 0 Å². The fourth-order valence-corrected chi connectivity index (χ4v) is 1.38. The Balaban J connectivity index is 0.000000318. The molecule has 0 radical (unpaired) electrons. The molecule has 0 N–H and O–H groups in total. The van der Waals surface area contributed by atoms with Crippen molar-refractivity contribution in [3.05, 3.63) is 72.9 Å². The summed E-state index contributed by atoms with van der Waals surface area (Å²) in [7, 11) is 0. The van der Waals surface area contributed by atoms with Crippen molar-refractivity contribution in [2.24, 2.45) is 5.92 Å². The summed E-state index contributed by atoms with van der Waals surface area (Å²) in [6.45, 7) is 13.8. The van der Waals surface area contributed by atoms with Crippen LogP contribution in [-0.2, 0) is 0 Å². The normalized spacial score (nSPS) is 10.5. The van der Waals surface area contributed by atoms with Crippen molar-refractivity contribution in [1.82, 2.24) is 0 Å². The van der Waals surface area contributed by atoms with E-state index >= 15 is 0 Å². The Labute approximate surface area is 106 Å². The van der Waals surface area contributed by atoms with Crippen molar-refractivity contribution in [3.63, 3.8) is 0 Å². The quantitative estimate of drug-likeness (QED) is 0.611. The van der Waals surface area contributed by atoms with Gasteiger partial charge in [-0.2, -0.15) is 0 Å². The van der Waals surface area contributed by atoms with Crippen LogP contribution < -0.4 is 0 Å². The maximum absolute atomic E-state index is 3.72. The van der Waals surface area contributed by atoms with Crippen LogP contribution in [0.1, 0.15) is 25.8 Å². The van der Waals surface area contributed by atoms with Crippen molar-refractivity contribution in [1.29, 1.82) is 0 Å². The van der Waals surface area contributed by atoms with Crippen LogP contribution in [0.15, 0.2) is 67.3 Å². The monoisotopic (exact) mass is 228 g/mol. The van der Waals surface area contributed by atoms with Crippen molar-refractivity contribution in [3.8, 4) is 0 Å². The molecule has 0 aliphatic rings. The topological polar surface area (TPSA) is 0 Å². The van der Waals surface area contributed by atoms with Gasteiger partial charge in [-0.1, -0.05) is 81.1 Å². The highest BCUT2D eigenvalue weighted by Gasteiger charge is 1.94. The second kappa shape index (κ2) is 9.65. The molecule has 0 heterocycles. The van der Waals surface area contributed by atoms with E-state index in [0.717, 1.165) is 6.42 Å². The maximum atomic E-state index is 3.72. The number of rotatable bonds is 4. The SMILES string of the molecule is C=C/C=C(\C=C)CC(C)C.Cc1ccccc1. The molecule has 0 amide bonds. The molecule has 0 fully saturated rings. The van der Waals surface area contributed by atoms with Gasteiger partial charge in [0.25, 0.3) is 0 Å². The molecule has 92 valence electrons. The van der Waals surface area contributed by atoms with Crippen LogP contribution in [0.3, 0.4) is 0 Å². The standard InChI is InChI=1S/C10H16.C7H8/c1-5-7-10(6-2)8-9(3)4;1-7-5-3-2-4-6-7/h5-7,9H,1-2,8H2,3-4H3;2-6H,1H3/b10-7+;. The second-order valence-electron chi connectivity index (χ2n) is 4.43. The molecule has 0 nitrogen and oxygen atoms in total. The zero-order chi connectivity index (χ0) is 13.1. The average molecular weight is 228 g/mol. The molecule has 0 aliphatic heterocycles. The molecule has 0 aromatic heterocycles. The van der Waals surface area contributed by atoms with Gasteiger partial charge in [0.15, 0.2) is 0 Å². The van der Waals surface area contributed by atoms with Crippen LogP contribution in [-0.4, -0.2) is 0 Å². The van der Waals surface area contributed by atoms with E-state index in [1.807, 2.05) is 30.4 Å². The molecule has 0 atom stereocenters. The van der Waals surface area contributed by atoms with E-state index in [9.17, 15) is 0 Å². The Morgan fingerprint density at radius 3 is 2.06 bits per heavy atom. The molecule has 17 heavy (non-hydrogen) atoms. The predicted octanol–water partition coefficient (Wildman–Crippen LogP) is 5.33. The minimum Gasteiger partial charge on any atom is -0.0991 e. The van der Waals surface area contributed by atoms with E-state index in [2.05, 4.69) is 46.1 Å². The average Bonchev–Trinajstić information content (AvgIpc) is 2.30. The molecule has 0 saturated carbocycles. The molecule has 0 aliphatic carbocycles. The van der Waals surface area contributed by atoms with Crippen molar-refractivity contribution in [2.75, 3.05) is 0 Å².